The molecule has 0 aliphatic heterocycles. The quantitative estimate of drug-likeness (QED) is 0.801. The first-order valence-corrected chi connectivity index (χ1v) is 9.48. The largest absolute Gasteiger partial charge is 0.313 e. The number of sulfone groups is 1. The summed E-state index contributed by atoms with van der Waals surface area (Å²) in [6.45, 7) is 3.03. The van der Waals surface area contributed by atoms with Crippen LogP contribution in [0.3, 0.4) is 0 Å². The molecule has 0 radical (unpaired) electrons. The molecule has 1 aromatic carbocycles. The molecule has 1 aliphatic carbocycles. The molecule has 1 saturated carbocycles. The van der Waals surface area contributed by atoms with Gasteiger partial charge in [0.2, 0.25) is 0 Å². The van der Waals surface area contributed by atoms with Gasteiger partial charge < -0.3 is 5.32 Å². The van der Waals surface area contributed by atoms with Crippen molar-refractivity contribution in [2.75, 3.05) is 18.6 Å². The Morgan fingerprint density at radius 3 is 2.40 bits per heavy atom. The molecule has 0 amide bonds. The molecule has 1 fully saturated rings. The van der Waals surface area contributed by atoms with Gasteiger partial charge in [-0.3, -0.25) is 0 Å². The zero-order chi connectivity index (χ0) is 14.6. The Labute approximate surface area is 122 Å². The normalized spacial score (nSPS) is 18.7. The summed E-state index contributed by atoms with van der Waals surface area (Å²) in [4.78, 5) is 0. The Balaban J connectivity index is 2.19. The fourth-order valence-corrected chi connectivity index (χ4v) is 3.40. The maximum atomic E-state index is 11.6. The van der Waals surface area contributed by atoms with Gasteiger partial charge in [0.05, 0.1) is 5.75 Å². The van der Waals surface area contributed by atoms with Gasteiger partial charge in [-0.25, -0.2) is 8.42 Å². The molecular weight excluding hydrogens is 270 g/mol. The van der Waals surface area contributed by atoms with Gasteiger partial charge in [-0.1, -0.05) is 37.3 Å². The minimum Gasteiger partial charge on any atom is -0.313 e. The van der Waals surface area contributed by atoms with Gasteiger partial charge in [0.15, 0.2) is 0 Å². The monoisotopic (exact) mass is 295 g/mol. The van der Waals surface area contributed by atoms with Gasteiger partial charge in [-0.2, -0.15) is 0 Å². The van der Waals surface area contributed by atoms with Crippen LogP contribution in [0, 0.1) is 0 Å². The third-order valence-electron chi connectivity index (χ3n) is 4.32. The van der Waals surface area contributed by atoms with Gasteiger partial charge in [0.25, 0.3) is 0 Å². The van der Waals surface area contributed by atoms with Crippen molar-refractivity contribution in [3.05, 3.63) is 35.9 Å². The molecule has 4 heteroatoms. The van der Waals surface area contributed by atoms with Gasteiger partial charge in [0, 0.05) is 24.3 Å². The van der Waals surface area contributed by atoms with Crippen LogP contribution < -0.4 is 5.32 Å². The van der Waals surface area contributed by atoms with Crippen molar-refractivity contribution < 1.29 is 8.42 Å². The maximum absolute atomic E-state index is 11.6. The van der Waals surface area contributed by atoms with Crippen LogP contribution >= 0.6 is 0 Å². The highest BCUT2D eigenvalue weighted by molar-refractivity contribution is 7.90. The fourth-order valence-electron chi connectivity index (χ4n) is 2.64. The van der Waals surface area contributed by atoms with Crippen molar-refractivity contribution in [1.29, 1.82) is 0 Å². The van der Waals surface area contributed by atoms with Crippen LogP contribution in [0.2, 0.25) is 0 Å². The Bertz CT molecular complexity index is 523. The molecule has 1 atom stereocenters. The van der Waals surface area contributed by atoms with E-state index in [0.717, 1.165) is 13.0 Å². The third kappa shape index (κ3) is 4.32. The predicted octanol–water partition coefficient (Wildman–Crippen LogP) is 2.52. The van der Waals surface area contributed by atoms with Crippen LogP contribution in [0.5, 0.6) is 0 Å². The summed E-state index contributed by atoms with van der Waals surface area (Å²) in [6, 6.07) is 11.0. The van der Waals surface area contributed by atoms with Crippen LogP contribution in [-0.4, -0.2) is 33.0 Å². The lowest BCUT2D eigenvalue weighted by molar-refractivity contribution is 0.367. The minimum absolute atomic E-state index is 0.0765. The van der Waals surface area contributed by atoms with Crippen LogP contribution in [0.15, 0.2) is 30.3 Å². The highest BCUT2D eigenvalue weighted by atomic mass is 32.2. The summed E-state index contributed by atoms with van der Waals surface area (Å²) in [6.07, 6.45) is 5.46. The van der Waals surface area contributed by atoms with E-state index in [-0.39, 0.29) is 11.2 Å². The number of benzene rings is 1. The van der Waals surface area contributed by atoms with Crippen molar-refractivity contribution >= 4 is 9.84 Å². The molecule has 112 valence electrons. The van der Waals surface area contributed by atoms with Crippen LogP contribution in [0.25, 0.3) is 0 Å². The zero-order valence-electron chi connectivity index (χ0n) is 12.4. The molecule has 0 aromatic heterocycles. The minimum atomic E-state index is -2.93. The van der Waals surface area contributed by atoms with Gasteiger partial charge in [0.1, 0.15) is 9.84 Å². The summed E-state index contributed by atoms with van der Waals surface area (Å²) in [5.74, 6) is 0.252. The fraction of sp³-hybridized carbons (Fsp3) is 0.625. The van der Waals surface area contributed by atoms with Crippen molar-refractivity contribution in [3.63, 3.8) is 0 Å². The Morgan fingerprint density at radius 2 is 1.90 bits per heavy atom. The second-order valence-corrected chi connectivity index (χ2v) is 8.29. The summed E-state index contributed by atoms with van der Waals surface area (Å²) in [5, 5.41) is 3.59. The van der Waals surface area contributed by atoms with Crippen LogP contribution in [-0.2, 0) is 15.3 Å². The van der Waals surface area contributed by atoms with Crippen molar-refractivity contribution in [3.8, 4) is 0 Å². The van der Waals surface area contributed by atoms with E-state index in [9.17, 15) is 8.42 Å². The number of hydrogen-bond donors (Lipinski definition) is 1. The first-order chi connectivity index (χ1) is 9.45. The molecule has 1 unspecified atom stereocenters. The average molecular weight is 295 g/mol. The Kier molecular flexibility index (Phi) is 4.86. The molecule has 0 bridgehead atoms. The van der Waals surface area contributed by atoms with E-state index in [1.807, 2.05) is 18.2 Å². The highest BCUT2D eigenvalue weighted by Gasteiger charge is 2.33. The molecular formula is C16H25NO2S. The number of nitrogens with one attached hydrogen (secondary N) is 1. The summed E-state index contributed by atoms with van der Waals surface area (Å²) in [5.41, 5.74) is 1.17. The van der Waals surface area contributed by atoms with Crippen molar-refractivity contribution in [1.82, 2.24) is 5.32 Å². The van der Waals surface area contributed by atoms with E-state index in [1.165, 1.54) is 24.7 Å². The Hall–Kier alpha value is -0.870. The lowest BCUT2D eigenvalue weighted by atomic mass is 9.75. The van der Waals surface area contributed by atoms with E-state index in [0.29, 0.717) is 12.5 Å². The topological polar surface area (TPSA) is 46.2 Å². The second kappa shape index (κ2) is 6.27. The number of rotatable bonds is 8. The van der Waals surface area contributed by atoms with Crippen molar-refractivity contribution in [2.45, 2.75) is 44.1 Å². The van der Waals surface area contributed by atoms with Crippen LogP contribution in [0.4, 0.5) is 0 Å². The molecule has 20 heavy (non-hydrogen) atoms. The van der Waals surface area contributed by atoms with E-state index in [1.54, 1.807) is 0 Å². The highest BCUT2D eigenvalue weighted by Crippen LogP contribution is 2.33. The van der Waals surface area contributed by atoms with Crippen molar-refractivity contribution in [2.24, 2.45) is 0 Å². The van der Waals surface area contributed by atoms with E-state index in [4.69, 9.17) is 0 Å². The average Bonchev–Trinajstić information content (AvgIpc) is 3.24. The third-order valence-corrected chi connectivity index (χ3v) is 5.27. The summed E-state index contributed by atoms with van der Waals surface area (Å²) in [7, 11) is -2.93. The Morgan fingerprint density at radius 1 is 1.25 bits per heavy atom. The first-order valence-electron chi connectivity index (χ1n) is 7.42. The standard InChI is InChI=1S/C16H25NO2S/c1-3-16(11-12-20(2,18)19,13-17-15-9-10-15)14-7-5-4-6-8-14/h4-8,15,17H,3,9-13H2,1-2H3. The van der Waals surface area contributed by atoms with E-state index >= 15 is 0 Å². The molecule has 0 heterocycles. The van der Waals surface area contributed by atoms with Gasteiger partial charge >= 0.3 is 0 Å². The lowest BCUT2D eigenvalue weighted by Gasteiger charge is -2.34. The van der Waals surface area contributed by atoms with Gasteiger partial charge in [-0.15, -0.1) is 0 Å². The molecule has 2 rings (SSSR count). The number of hydrogen-bond acceptors (Lipinski definition) is 3. The molecule has 1 N–H and O–H groups in total. The molecule has 0 spiro atoms. The summed E-state index contributed by atoms with van der Waals surface area (Å²) < 4.78 is 23.1. The smallest absolute Gasteiger partial charge is 0.147 e. The molecule has 0 saturated heterocycles. The van der Waals surface area contributed by atoms with E-state index in [2.05, 4.69) is 24.4 Å². The lowest BCUT2D eigenvalue weighted by Crippen LogP contribution is -2.40. The first kappa shape index (κ1) is 15.5. The van der Waals surface area contributed by atoms with Crippen LogP contribution in [0.1, 0.15) is 38.2 Å². The zero-order valence-corrected chi connectivity index (χ0v) is 13.2. The van der Waals surface area contributed by atoms with Gasteiger partial charge in [-0.05, 0) is 31.2 Å². The predicted molar refractivity (Wildman–Crippen MR) is 83.8 cm³/mol. The maximum Gasteiger partial charge on any atom is 0.147 e. The molecule has 3 nitrogen and oxygen atoms in total. The molecule has 1 aliphatic rings. The SMILES string of the molecule is CCC(CCS(C)(=O)=O)(CNC1CC1)c1ccccc1. The van der Waals surface area contributed by atoms with E-state index < -0.39 is 9.84 Å². The summed E-state index contributed by atoms with van der Waals surface area (Å²) >= 11 is 0. The second-order valence-electron chi connectivity index (χ2n) is 6.03. The molecule has 1 aromatic rings.